The van der Waals surface area contributed by atoms with E-state index < -0.39 is 0 Å². The topological polar surface area (TPSA) is 62.7 Å². The van der Waals surface area contributed by atoms with Crippen LogP contribution in [0.4, 0.5) is 5.69 Å². The maximum absolute atomic E-state index is 11.9. The van der Waals surface area contributed by atoms with Crippen molar-refractivity contribution in [2.24, 2.45) is 5.10 Å². The van der Waals surface area contributed by atoms with E-state index in [1.807, 2.05) is 55.5 Å². The molecule has 3 aromatic carbocycles. The molecule has 0 saturated heterocycles. The summed E-state index contributed by atoms with van der Waals surface area (Å²) in [6, 6.07) is 23.7. The molecular weight excluding hydrogens is 362 g/mol. The average Bonchev–Trinajstić information content (AvgIpc) is 2.74. The van der Waals surface area contributed by atoms with Crippen LogP contribution in [0.2, 0.25) is 0 Å². The lowest BCUT2D eigenvalue weighted by atomic mass is 10.2. The zero-order valence-corrected chi connectivity index (χ0v) is 16.7. The second-order valence-electron chi connectivity index (χ2n) is 6.86. The smallest absolute Gasteiger partial charge is 0.259 e. The predicted octanol–water partition coefficient (Wildman–Crippen LogP) is 4.44. The molecule has 0 aliphatic heterocycles. The number of aryl methyl sites for hydroxylation is 2. The quantitative estimate of drug-likeness (QED) is 0.444. The summed E-state index contributed by atoms with van der Waals surface area (Å²) in [4.78, 5) is 11.9. The molecular formula is C24H25N3O2. The summed E-state index contributed by atoms with van der Waals surface area (Å²) in [6.45, 7) is 4.77. The molecule has 5 heteroatoms. The first-order valence-electron chi connectivity index (χ1n) is 9.49. The van der Waals surface area contributed by atoms with Crippen molar-refractivity contribution in [1.82, 2.24) is 5.43 Å². The number of rotatable bonds is 8. The third-order valence-corrected chi connectivity index (χ3v) is 4.31. The summed E-state index contributed by atoms with van der Waals surface area (Å²) in [5, 5.41) is 7.05. The fourth-order valence-electron chi connectivity index (χ4n) is 2.57. The maximum Gasteiger partial charge on any atom is 0.259 e. The molecule has 1 amide bonds. The van der Waals surface area contributed by atoms with Gasteiger partial charge in [0.25, 0.3) is 5.91 Å². The van der Waals surface area contributed by atoms with E-state index >= 15 is 0 Å². The lowest BCUT2D eigenvalue weighted by molar-refractivity contribution is -0.119. The molecule has 0 spiro atoms. The number of hydrazone groups is 1. The van der Waals surface area contributed by atoms with Gasteiger partial charge in [0.1, 0.15) is 12.4 Å². The highest BCUT2D eigenvalue weighted by Gasteiger charge is 2.00. The van der Waals surface area contributed by atoms with Gasteiger partial charge in [-0.1, -0.05) is 47.5 Å². The molecule has 0 radical (unpaired) electrons. The van der Waals surface area contributed by atoms with E-state index in [9.17, 15) is 4.79 Å². The minimum atomic E-state index is -0.208. The van der Waals surface area contributed by atoms with Crippen LogP contribution in [0.5, 0.6) is 5.75 Å². The van der Waals surface area contributed by atoms with Crippen LogP contribution in [0, 0.1) is 13.8 Å². The zero-order valence-electron chi connectivity index (χ0n) is 16.7. The Morgan fingerprint density at radius 3 is 2.17 bits per heavy atom. The van der Waals surface area contributed by atoms with Crippen LogP contribution < -0.4 is 15.5 Å². The molecule has 29 heavy (non-hydrogen) atoms. The molecule has 0 aromatic heterocycles. The van der Waals surface area contributed by atoms with Crippen molar-refractivity contribution >= 4 is 17.8 Å². The summed E-state index contributed by atoms with van der Waals surface area (Å²) >= 11 is 0. The minimum Gasteiger partial charge on any atom is -0.489 e. The summed E-state index contributed by atoms with van der Waals surface area (Å²) in [5.74, 6) is 0.578. The molecule has 0 saturated carbocycles. The molecule has 0 bridgehead atoms. The van der Waals surface area contributed by atoms with Crippen molar-refractivity contribution in [1.29, 1.82) is 0 Å². The SMILES string of the molecule is Cc1ccc(COc2ccc(/C=N\NC(=O)CNc3ccc(C)cc3)cc2)cc1. The van der Waals surface area contributed by atoms with Gasteiger partial charge in [0.2, 0.25) is 0 Å². The van der Waals surface area contributed by atoms with Gasteiger partial charge < -0.3 is 10.1 Å². The van der Waals surface area contributed by atoms with Gasteiger partial charge in [-0.25, -0.2) is 5.43 Å². The summed E-state index contributed by atoms with van der Waals surface area (Å²) in [7, 11) is 0. The van der Waals surface area contributed by atoms with Gasteiger partial charge >= 0.3 is 0 Å². The Morgan fingerprint density at radius 1 is 0.897 bits per heavy atom. The number of carbonyl (C=O) groups is 1. The van der Waals surface area contributed by atoms with Crippen LogP contribution in [-0.2, 0) is 11.4 Å². The number of amides is 1. The third kappa shape index (κ3) is 6.81. The molecule has 0 fully saturated rings. The van der Waals surface area contributed by atoms with Crippen molar-refractivity contribution < 1.29 is 9.53 Å². The van der Waals surface area contributed by atoms with E-state index in [2.05, 4.69) is 47.0 Å². The molecule has 0 heterocycles. The normalized spacial score (nSPS) is 10.7. The number of ether oxygens (including phenoxy) is 1. The molecule has 3 rings (SSSR count). The Morgan fingerprint density at radius 2 is 1.52 bits per heavy atom. The Labute approximate surface area is 171 Å². The van der Waals surface area contributed by atoms with Gasteiger partial charge in [0.15, 0.2) is 0 Å². The van der Waals surface area contributed by atoms with E-state index in [0.29, 0.717) is 6.61 Å². The molecule has 0 unspecified atom stereocenters. The van der Waals surface area contributed by atoms with E-state index in [-0.39, 0.29) is 12.5 Å². The molecule has 0 aliphatic rings. The first-order chi connectivity index (χ1) is 14.1. The highest BCUT2D eigenvalue weighted by Crippen LogP contribution is 2.14. The molecule has 0 aliphatic carbocycles. The minimum absolute atomic E-state index is 0.159. The number of hydrogen-bond donors (Lipinski definition) is 2. The first-order valence-corrected chi connectivity index (χ1v) is 9.49. The van der Waals surface area contributed by atoms with Gasteiger partial charge in [0.05, 0.1) is 12.8 Å². The van der Waals surface area contributed by atoms with Gasteiger partial charge in [0, 0.05) is 5.69 Å². The number of nitrogens with one attached hydrogen (secondary N) is 2. The fraction of sp³-hybridized carbons (Fsp3) is 0.167. The Kier molecular flexibility index (Phi) is 7.00. The standard InChI is InChI=1S/C24H25N3O2/c1-18-3-7-21(8-4-18)17-29-23-13-9-20(10-14-23)15-26-27-24(28)16-25-22-11-5-19(2)6-12-22/h3-15,25H,16-17H2,1-2H3,(H,27,28)/b26-15-. The summed E-state index contributed by atoms with van der Waals surface area (Å²) in [5.41, 5.74) is 7.83. The van der Waals surface area contributed by atoms with Gasteiger partial charge in [-0.3, -0.25) is 4.79 Å². The van der Waals surface area contributed by atoms with Crippen LogP contribution in [0.3, 0.4) is 0 Å². The second kappa shape index (κ2) is 10.1. The maximum atomic E-state index is 11.9. The predicted molar refractivity (Wildman–Crippen MR) is 117 cm³/mol. The number of anilines is 1. The van der Waals surface area contributed by atoms with Gasteiger partial charge in [-0.05, 0) is 61.4 Å². The van der Waals surface area contributed by atoms with Crippen molar-refractivity contribution in [3.63, 3.8) is 0 Å². The van der Waals surface area contributed by atoms with Crippen LogP contribution in [0.25, 0.3) is 0 Å². The largest absolute Gasteiger partial charge is 0.489 e. The van der Waals surface area contributed by atoms with Crippen molar-refractivity contribution in [2.45, 2.75) is 20.5 Å². The Hall–Kier alpha value is -3.60. The van der Waals surface area contributed by atoms with Gasteiger partial charge in [-0.2, -0.15) is 5.10 Å². The van der Waals surface area contributed by atoms with E-state index in [0.717, 1.165) is 22.6 Å². The van der Waals surface area contributed by atoms with E-state index in [4.69, 9.17) is 4.74 Å². The van der Waals surface area contributed by atoms with E-state index in [1.54, 1.807) is 6.21 Å². The first kappa shape index (κ1) is 20.1. The summed E-state index contributed by atoms with van der Waals surface area (Å²) < 4.78 is 5.79. The molecule has 3 aromatic rings. The number of nitrogens with zero attached hydrogens (tertiary/aromatic N) is 1. The Bertz CT molecular complexity index is 947. The lowest BCUT2D eigenvalue weighted by Gasteiger charge is -2.07. The second-order valence-corrected chi connectivity index (χ2v) is 6.86. The van der Waals surface area contributed by atoms with Gasteiger partial charge in [-0.15, -0.1) is 0 Å². The van der Waals surface area contributed by atoms with Crippen LogP contribution in [0.1, 0.15) is 22.3 Å². The van der Waals surface area contributed by atoms with Crippen molar-refractivity contribution in [2.75, 3.05) is 11.9 Å². The number of hydrogen-bond acceptors (Lipinski definition) is 4. The number of benzene rings is 3. The molecule has 5 nitrogen and oxygen atoms in total. The monoisotopic (exact) mass is 387 g/mol. The summed E-state index contributed by atoms with van der Waals surface area (Å²) in [6.07, 6.45) is 1.60. The fourth-order valence-corrected chi connectivity index (χ4v) is 2.57. The number of carbonyl (C=O) groups excluding carboxylic acids is 1. The lowest BCUT2D eigenvalue weighted by Crippen LogP contribution is -2.25. The van der Waals surface area contributed by atoms with Crippen molar-refractivity contribution in [3.8, 4) is 5.75 Å². The zero-order chi connectivity index (χ0) is 20.5. The average molecular weight is 387 g/mol. The third-order valence-electron chi connectivity index (χ3n) is 4.31. The van der Waals surface area contributed by atoms with E-state index in [1.165, 1.54) is 11.1 Å². The molecule has 2 N–H and O–H groups in total. The highest BCUT2D eigenvalue weighted by molar-refractivity contribution is 5.84. The van der Waals surface area contributed by atoms with Crippen LogP contribution in [0.15, 0.2) is 77.9 Å². The highest BCUT2D eigenvalue weighted by atomic mass is 16.5. The molecule has 0 atom stereocenters. The Balaban J connectivity index is 1.41. The van der Waals surface area contributed by atoms with Crippen molar-refractivity contribution in [3.05, 3.63) is 95.1 Å². The molecule has 148 valence electrons. The van der Waals surface area contributed by atoms with Crippen LogP contribution >= 0.6 is 0 Å². The van der Waals surface area contributed by atoms with Crippen LogP contribution in [-0.4, -0.2) is 18.7 Å².